The molecule has 114 valence electrons. The van der Waals surface area contributed by atoms with Gasteiger partial charge in [-0.1, -0.05) is 0 Å². The summed E-state index contributed by atoms with van der Waals surface area (Å²) in [7, 11) is 0. The van der Waals surface area contributed by atoms with Gasteiger partial charge in [-0.15, -0.1) is 0 Å². The molecule has 1 saturated heterocycles. The first-order valence-electron chi connectivity index (χ1n) is 6.34. The molecular weight excluding hydrogens is 289 g/mol. The quantitative estimate of drug-likeness (QED) is 0.821. The van der Waals surface area contributed by atoms with Gasteiger partial charge in [-0.2, -0.15) is 13.2 Å². The maximum atomic E-state index is 12.6. The number of alkyl halides is 3. The second kappa shape index (κ2) is 5.71. The van der Waals surface area contributed by atoms with Gasteiger partial charge in [0.1, 0.15) is 12.3 Å². The van der Waals surface area contributed by atoms with Crippen LogP contribution in [0.4, 0.5) is 13.2 Å². The molecular formula is C13H13F3N2O3. The molecule has 0 atom stereocenters. The van der Waals surface area contributed by atoms with E-state index in [1.807, 2.05) is 0 Å². The van der Waals surface area contributed by atoms with Crippen LogP contribution < -0.4 is 5.56 Å². The lowest BCUT2D eigenvalue weighted by Gasteiger charge is -2.26. The number of piperidine rings is 1. The van der Waals surface area contributed by atoms with Crippen molar-refractivity contribution < 1.29 is 22.8 Å². The maximum absolute atomic E-state index is 12.6. The molecule has 1 aliphatic heterocycles. The van der Waals surface area contributed by atoms with Gasteiger partial charge in [-0.25, -0.2) is 0 Å². The number of Topliss-reactive ketones (excluding diaryl/α,β-unsaturated/α-hetero) is 1. The second-order valence-electron chi connectivity index (χ2n) is 4.80. The van der Waals surface area contributed by atoms with Gasteiger partial charge in [0.25, 0.3) is 5.56 Å². The van der Waals surface area contributed by atoms with Crippen LogP contribution in [0.2, 0.25) is 0 Å². The number of halogens is 3. The van der Waals surface area contributed by atoms with E-state index in [2.05, 4.69) is 0 Å². The number of hydrogen-bond donors (Lipinski definition) is 0. The van der Waals surface area contributed by atoms with Crippen molar-refractivity contribution >= 4 is 11.7 Å². The molecule has 5 nitrogen and oxygen atoms in total. The first-order chi connectivity index (χ1) is 9.77. The molecule has 21 heavy (non-hydrogen) atoms. The van der Waals surface area contributed by atoms with Crippen LogP contribution in [0.3, 0.4) is 0 Å². The fourth-order valence-corrected chi connectivity index (χ4v) is 2.07. The Hall–Kier alpha value is -2.12. The Morgan fingerprint density at radius 3 is 2.33 bits per heavy atom. The van der Waals surface area contributed by atoms with Crippen molar-refractivity contribution in [2.75, 3.05) is 13.1 Å². The lowest BCUT2D eigenvalue weighted by Crippen LogP contribution is -2.41. The highest BCUT2D eigenvalue weighted by Gasteiger charge is 2.31. The van der Waals surface area contributed by atoms with Crippen molar-refractivity contribution in [2.45, 2.75) is 25.6 Å². The van der Waals surface area contributed by atoms with Crippen LogP contribution in [0, 0.1) is 0 Å². The van der Waals surface area contributed by atoms with Crippen molar-refractivity contribution in [1.29, 1.82) is 0 Å². The monoisotopic (exact) mass is 302 g/mol. The Bertz CT molecular complexity index is 612. The van der Waals surface area contributed by atoms with Crippen LogP contribution >= 0.6 is 0 Å². The fraction of sp³-hybridized carbons (Fsp3) is 0.462. The minimum atomic E-state index is -4.57. The maximum Gasteiger partial charge on any atom is 0.417 e. The van der Waals surface area contributed by atoms with Gasteiger partial charge < -0.3 is 9.47 Å². The van der Waals surface area contributed by atoms with Crippen LogP contribution in [-0.2, 0) is 22.3 Å². The van der Waals surface area contributed by atoms with Crippen molar-refractivity contribution in [1.82, 2.24) is 9.47 Å². The van der Waals surface area contributed by atoms with E-state index in [1.54, 1.807) is 0 Å². The first-order valence-corrected chi connectivity index (χ1v) is 6.34. The van der Waals surface area contributed by atoms with E-state index in [4.69, 9.17) is 0 Å². The molecule has 0 saturated carbocycles. The molecule has 8 heteroatoms. The van der Waals surface area contributed by atoms with Crippen molar-refractivity contribution in [3.63, 3.8) is 0 Å². The second-order valence-corrected chi connectivity index (χ2v) is 4.80. The molecule has 1 aliphatic rings. The van der Waals surface area contributed by atoms with Crippen LogP contribution in [0.5, 0.6) is 0 Å². The minimum Gasteiger partial charge on any atom is -0.340 e. The van der Waals surface area contributed by atoms with Crippen molar-refractivity contribution in [3.05, 3.63) is 34.2 Å². The highest BCUT2D eigenvalue weighted by Crippen LogP contribution is 2.28. The highest BCUT2D eigenvalue weighted by atomic mass is 19.4. The van der Waals surface area contributed by atoms with Gasteiger partial charge in [0.2, 0.25) is 5.91 Å². The van der Waals surface area contributed by atoms with Crippen molar-refractivity contribution in [2.24, 2.45) is 0 Å². The highest BCUT2D eigenvalue weighted by molar-refractivity contribution is 5.83. The summed E-state index contributed by atoms with van der Waals surface area (Å²) in [5, 5.41) is 0. The SMILES string of the molecule is O=C1CCN(C(=O)Cn2cc(C(F)(F)F)ccc2=O)CC1. The summed E-state index contributed by atoms with van der Waals surface area (Å²) in [6, 6.07) is 1.47. The zero-order valence-corrected chi connectivity index (χ0v) is 11.0. The average molecular weight is 302 g/mol. The summed E-state index contributed by atoms with van der Waals surface area (Å²) < 4.78 is 38.5. The molecule has 0 aliphatic carbocycles. The third kappa shape index (κ3) is 3.71. The molecule has 0 aromatic carbocycles. The first kappa shape index (κ1) is 15.3. The van der Waals surface area contributed by atoms with Gasteiger partial charge in [0.05, 0.1) is 5.56 Å². The number of nitrogens with zero attached hydrogens (tertiary/aromatic N) is 2. The number of likely N-dealkylation sites (tertiary alicyclic amines) is 1. The van der Waals surface area contributed by atoms with Gasteiger partial charge in [-0.3, -0.25) is 14.4 Å². The molecule has 0 radical (unpaired) electrons. The van der Waals surface area contributed by atoms with E-state index in [1.165, 1.54) is 4.90 Å². The zero-order valence-electron chi connectivity index (χ0n) is 11.0. The molecule has 1 amide bonds. The molecule has 1 aromatic rings. The summed E-state index contributed by atoms with van der Waals surface area (Å²) in [5.74, 6) is -0.417. The topological polar surface area (TPSA) is 59.4 Å². The van der Waals surface area contributed by atoms with Gasteiger partial charge in [0.15, 0.2) is 0 Å². The summed E-state index contributed by atoms with van der Waals surface area (Å²) in [6.45, 7) is 0.0215. The van der Waals surface area contributed by atoms with E-state index >= 15 is 0 Å². The molecule has 0 N–H and O–H groups in total. The Morgan fingerprint density at radius 2 is 1.76 bits per heavy atom. The standard InChI is InChI=1S/C13H13F3N2O3/c14-13(15,16)9-1-2-11(20)18(7-9)8-12(21)17-5-3-10(19)4-6-17/h1-2,7H,3-6,8H2. The Kier molecular flexibility index (Phi) is 4.15. The average Bonchev–Trinajstić information content (AvgIpc) is 2.40. The number of pyridine rings is 1. The van der Waals surface area contributed by atoms with Crippen LogP contribution in [-0.4, -0.2) is 34.2 Å². The van der Waals surface area contributed by atoms with Gasteiger partial charge >= 0.3 is 6.18 Å². The predicted molar refractivity (Wildman–Crippen MR) is 66.5 cm³/mol. The largest absolute Gasteiger partial charge is 0.417 e. The Labute approximate surface area is 118 Å². The number of carbonyl (C=O) groups excluding carboxylic acids is 2. The zero-order chi connectivity index (χ0) is 15.6. The molecule has 0 bridgehead atoms. The van der Waals surface area contributed by atoms with Crippen molar-refractivity contribution in [3.8, 4) is 0 Å². The van der Waals surface area contributed by atoms with E-state index in [-0.39, 0.29) is 31.7 Å². The third-order valence-corrected chi connectivity index (χ3v) is 3.29. The van der Waals surface area contributed by atoms with E-state index in [0.29, 0.717) is 12.3 Å². The summed E-state index contributed by atoms with van der Waals surface area (Å²) in [4.78, 5) is 36.0. The minimum absolute atomic E-state index is 0.0512. The smallest absolute Gasteiger partial charge is 0.340 e. The Morgan fingerprint density at radius 1 is 1.14 bits per heavy atom. The Balaban J connectivity index is 2.14. The molecule has 1 aromatic heterocycles. The lowest BCUT2D eigenvalue weighted by molar-refractivity contribution is -0.139. The van der Waals surface area contributed by atoms with E-state index in [9.17, 15) is 27.6 Å². The predicted octanol–water partition coefficient (Wildman–Crippen LogP) is 1.06. The number of hydrogen-bond acceptors (Lipinski definition) is 3. The number of carbonyl (C=O) groups is 2. The van der Waals surface area contributed by atoms with Crippen LogP contribution in [0.15, 0.2) is 23.1 Å². The molecule has 2 heterocycles. The summed E-state index contributed by atoms with van der Waals surface area (Å²) in [5.41, 5.74) is -1.66. The van der Waals surface area contributed by atoms with E-state index in [0.717, 1.165) is 10.6 Å². The van der Waals surface area contributed by atoms with Crippen LogP contribution in [0.1, 0.15) is 18.4 Å². The molecule has 0 spiro atoms. The normalized spacial score (nSPS) is 16.1. The van der Waals surface area contributed by atoms with Gasteiger partial charge in [-0.05, 0) is 6.07 Å². The number of ketones is 1. The van der Waals surface area contributed by atoms with Gasteiger partial charge in [0, 0.05) is 38.2 Å². The number of amides is 1. The lowest BCUT2D eigenvalue weighted by atomic mass is 10.1. The molecule has 2 rings (SSSR count). The molecule has 0 unspecified atom stereocenters. The number of rotatable bonds is 2. The summed E-state index contributed by atoms with van der Waals surface area (Å²) in [6.07, 6.45) is -3.46. The van der Waals surface area contributed by atoms with Crippen LogP contribution in [0.25, 0.3) is 0 Å². The third-order valence-electron chi connectivity index (χ3n) is 3.29. The summed E-state index contributed by atoms with van der Waals surface area (Å²) >= 11 is 0. The van der Waals surface area contributed by atoms with E-state index < -0.39 is 29.8 Å². The fourth-order valence-electron chi connectivity index (χ4n) is 2.07. The molecule has 1 fully saturated rings. The number of aromatic nitrogens is 1.